The van der Waals surface area contributed by atoms with Gasteiger partial charge in [0.2, 0.25) is 0 Å². The van der Waals surface area contributed by atoms with Crippen LogP contribution in [0.5, 0.6) is 0 Å². The van der Waals surface area contributed by atoms with E-state index in [9.17, 15) is 0 Å². The molecule has 4 heteroatoms. The Bertz CT molecular complexity index is 239. The molecule has 0 radical (unpaired) electrons. The van der Waals surface area contributed by atoms with E-state index in [-0.39, 0.29) is 0 Å². The predicted octanol–water partition coefficient (Wildman–Crippen LogP) is 2.82. The highest BCUT2D eigenvalue weighted by Gasteiger charge is 1.98. The summed E-state index contributed by atoms with van der Waals surface area (Å²) in [6.45, 7) is 0. The zero-order valence-electron chi connectivity index (χ0n) is 5.01. The average Bonchev–Trinajstić information content (AvgIpc) is 1.88. The molecule has 0 atom stereocenters. The number of halogens is 2. The van der Waals surface area contributed by atoms with Crippen LogP contribution in [-0.4, -0.2) is 4.98 Å². The minimum absolute atomic E-state index is 0.413. The van der Waals surface area contributed by atoms with E-state index in [0.29, 0.717) is 15.9 Å². The van der Waals surface area contributed by atoms with Crippen molar-refractivity contribution in [2.45, 2.75) is 5.75 Å². The fourth-order valence-corrected chi connectivity index (χ4v) is 1.33. The van der Waals surface area contributed by atoms with Crippen LogP contribution in [0.4, 0.5) is 0 Å². The van der Waals surface area contributed by atoms with Gasteiger partial charge in [-0.05, 0) is 11.6 Å². The quantitative estimate of drug-likeness (QED) is 0.535. The lowest BCUT2D eigenvalue weighted by Gasteiger charge is -1.97. The summed E-state index contributed by atoms with van der Waals surface area (Å²) in [6.07, 6.45) is 1.62. The fraction of sp³-hybridized carbons (Fsp3) is 0.167. The van der Waals surface area contributed by atoms with E-state index in [0.717, 1.165) is 5.56 Å². The average molecular weight is 194 g/mol. The van der Waals surface area contributed by atoms with Gasteiger partial charge in [0.1, 0.15) is 5.15 Å². The van der Waals surface area contributed by atoms with Crippen LogP contribution in [0.15, 0.2) is 12.3 Å². The van der Waals surface area contributed by atoms with Crippen molar-refractivity contribution >= 4 is 35.8 Å². The smallest absolute Gasteiger partial charge is 0.130 e. The first-order valence-electron chi connectivity index (χ1n) is 2.65. The molecule has 0 N–H and O–H groups in total. The lowest BCUT2D eigenvalue weighted by atomic mass is 10.3. The summed E-state index contributed by atoms with van der Waals surface area (Å²) >= 11 is 15.4. The highest BCUT2D eigenvalue weighted by Crippen LogP contribution is 2.19. The number of aromatic nitrogens is 1. The zero-order valence-corrected chi connectivity index (χ0v) is 7.42. The number of pyridine rings is 1. The van der Waals surface area contributed by atoms with Gasteiger partial charge in [-0.3, -0.25) is 0 Å². The second-order valence-corrected chi connectivity index (χ2v) is 2.87. The monoisotopic (exact) mass is 193 g/mol. The molecule has 1 aromatic heterocycles. The van der Waals surface area contributed by atoms with Crippen LogP contribution in [0.3, 0.4) is 0 Å². The second-order valence-electron chi connectivity index (χ2n) is 1.76. The van der Waals surface area contributed by atoms with E-state index in [4.69, 9.17) is 23.2 Å². The Morgan fingerprint density at radius 2 is 2.20 bits per heavy atom. The minimum Gasteiger partial charge on any atom is -0.244 e. The third kappa shape index (κ3) is 1.78. The van der Waals surface area contributed by atoms with Gasteiger partial charge in [-0.1, -0.05) is 23.2 Å². The Labute approximate surface area is 74.8 Å². The molecular formula is C6H5Cl2NS. The third-order valence-electron chi connectivity index (χ3n) is 1.07. The number of hydrogen-bond acceptors (Lipinski definition) is 2. The lowest BCUT2D eigenvalue weighted by molar-refractivity contribution is 1.25. The molecule has 0 bridgehead atoms. The molecule has 0 aliphatic rings. The van der Waals surface area contributed by atoms with Crippen molar-refractivity contribution in [1.82, 2.24) is 4.98 Å². The Morgan fingerprint density at radius 3 is 2.70 bits per heavy atom. The van der Waals surface area contributed by atoms with Crippen LogP contribution in [-0.2, 0) is 5.75 Å². The molecule has 0 saturated heterocycles. The molecule has 1 aromatic rings. The maximum Gasteiger partial charge on any atom is 0.130 e. The van der Waals surface area contributed by atoms with Gasteiger partial charge in [0.25, 0.3) is 0 Å². The number of hydrogen-bond donors (Lipinski definition) is 1. The molecule has 0 unspecified atom stereocenters. The first-order chi connectivity index (χ1) is 4.74. The Morgan fingerprint density at radius 1 is 1.50 bits per heavy atom. The molecule has 1 rings (SSSR count). The van der Waals surface area contributed by atoms with Gasteiger partial charge in [-0.15, -0.1) is 0 Å². The Kier molecular flexibility index (Phi) is 2.83. The molecule has 0 saturated carbocycles. The maximum absolute atomic E-state index is 5.76. The molecule has 0 amide bonds. The van der Waals surface area contributed by atoms with Gasteiger partial charge in [-0.2, -0.15) is 12.6 Å². The van der Waals surface area contributed by atoms with Crippen LogP contribution >= 0.6 is 35.8 Å². The topological polar surface area (TPSA) is 12.9 Å². The standard InChI is InChI=1S/C6H5Cl2NS/c7-5-1-6(8)9-2-4(5)3-10/h1-2,10H,3H2. The zero-order chi connectivity index (χ0) is 7.56. The van der Waals surface area contributed by atoms with Crippen molar-refractivity contribution in [3.63, 3.8) is 0 Å². The van der Waals surface area contributed by atoms with E-state index >= 15 is 0 Å². The summed E-state index contributed by atoms with van der Waals surface area (Å²) in [5, 5.41) is 1.03. The van der Waals surface area contributed by atoms with Gasteiger partial charge < -0.3 is 0 Å². The predicted molar refractivity (Wildman–Crippen MR) is 46.9 cm³/mol. The number of rotatable bonds is 1. The summed E-state index contributed by atoms with van der Waals surface area (Å²) in [5.74, 6) is 0.586. The summed E-state index contributed by atoms with van der Waals surface area (Å²) in [4.78, 5) is 3.84. The maximum atomic E-state index is 5.76. The SMILES string of the molecule is SCc1cnc(Cl)cc1Cl. The van der Waals surface area contributed by atoms with Gasteiger partial charge in [0.05, 0.1) is 0 Å². The molecule has 0 aliphatic carbocycles. The van der Waals surface area contributed by atoms with Crippen molar-refractivity contribution < 1.29 is 0 Å². The van der Waals surface area contributed by atoms with Gasteiger partial charge in [0.15, 0.2) is 0 Å². The number of nitrogens with zero attached hydrogens (tertiary/aromatic N) is 1. The first-order valence-corrected chi connectivity index (χ1v) is 4.03. The van der Waals surface area contributed by atoms with Crippen LogP contribution in [0.2, 0.25) is 10.2 Å². The van der Waals surface area contributed by atoms with E-state index in [2.05, 4.69) is 17.6 Å². The van der Waals surface area contributed by atoms with E-state index in [1.54, 1.807) is 12.3 Å². The highest BCUT2D eigenvalue weighted by molar-refractivity contribution is 7.79. The summed E-state index contributed by atoms with van der Waals surface area (Å²) < 4.78 is 0. The minimum atomic E-state index is 0.413. The third-order valence-corrected chi connectivity index (χ3v) is 1.97. The molecule has 0 aliphatic heterocycles. The lowest BCUT2D eigenvalue weighted by Crippen LogP contribution is -1.82. The molecule has 0 aromatic carbocycles. The van der Waals surface area contributed by atoms with Crippen molar-refractivity contribution in [3.05, 3.63) is 28.0 Å². The van der Waals surface area contributed by atoms with Gasteiger partial charge in [-0.25, -0.2) is 4.98 Å². The molecule has 1 nitrogen and oxygen atoms in total. The van der Waals surface area contributed by atoms with Crippen molar-refractivity contribution in [2.75, 3.05) is 0 Å². The molecule has 1 heterocycles. The van der Waals surface area contributed by atoms with Crippen LogP contribution < -0.4 is 0 Å². The van der Waals surface area contributed by atoms with Crippen molar-refractivity contribution in [3.8, 4) is 0 Å². The molecule has 0 spiro atoms. The fourth-order valence-electron chi connectivity index (χ4n) is 0.552. The molecule has 0 fully saturated rings. The van der Waals surface area contributed by atoms with Crippen molar-refractivity contribution in [2.24, 2.45) is 0 Å². The second kappa shape index (κ2) is 3.46. The molecular weight excluding hydrogens is 189 g/mol. The first kappa shape index (κ1) is 8.18. The van der Waals surface area contributed by atoms with Gasteiger partial charge >= 0.3 is 0 Å². The van der Waals surface area contributed by atoms with Gasteiger partial charge in [0, 0.05) is 17.0 Å². The number of thiol groups is 1. The van der Waals surface area contributed by atoms with Crippen molar-refractivity contribution in [1.29, 1.82) is 0 Å². The van der Waals surface area contributed by atoms with E-state index in [1.165, 1.54) is 0 Å². The Balaban J connectivity index is 3.07. The van der Waals surface area contributed by atoms with E-state index in [1.807, 2.05) is 0 Å². The Hall–Kier alpha value is 0.0800. The van der Waals surface area contributed by atoms with Crippen LogP contribution in [0.25, 0.3) is 0 Å². The van der Waals surface area contributed by atoms with Crippen LogP contribution in [0, 0.1) is 0 Å². The summed E-state index contributed by atoms with van der Waals surface area (Å²) in [5.41, 5.74) is 0.898. The normalized spacial score (nSPS) is 9.90. The molecule has 10 heavy (non-hydrogen) atoms. The highest BCUT2D eigenvalue weighted by atomic mass is 35.5. The summed E-state index contributed by atoms with van der Waals surface area (Å²) in [7, 11) is 0. The largest absolute Gasteiger partial charge is 0.244 e. The van der Waals surface area contributed by atoms with E-state index < -0.39 is 0 Å². The van der Waals surface area contributed by atoms with Crippen LogP contribution in [0.1, 0.15) is 5.56 Å². The summed E-state index contributed by atoms with van der Waals surface area (Å²) in [6, 6.07) is 1.61. The molecule has 54 valence electrons.